The van der Waals surface area contributed by atoms with Gasteiger partial charge in [0, 0.05) is 29.1 Å². The highest BCUT2D eigenvalue weighted by Gasteiger charge is 2.26. The lowest BCUT2D eigenvalue weighted by Gasteiger charge is -2.22. The molecule has 3 heterocycles. The molecule has 0 N–H and O–H groups in total. The third-order valence-corrected chi connectivity index (χ3v) is 6.87. The Morgan fingerprint density at radius 1 is 1.41 bits per heavy atom. The van der Waals surface area contributed by atoms with Crippen molar-refractivity contribution in [2.24, 2.45) is 7.05 Å². The van der Waals surface area contributed by atoms with Crippen molar-refractivity contribution in [2.45, 2.75) is 24.1 Å². The van der Waals surface area contributed by atoms with Crippen molar-refractivity contribution >= 4 is 50.1 Å². The molecular weight excluding hydrogens is 476 g/mol. The largest absolute Gasteiger partial charge is 0.376 e. The predicted molar refractivity (Wildman–Crippen MR) is 116 cm³/mol. The molecule has 1 aromatic carbocycles. The maximum absolute atomic E-state index is 13.1. The first-order chi connectivity index (χ1) is 14.1. The van der Waals surface area contributed by atoms with E-state index in [2.05, 4.69) is 31.5 Å². The summed E-state index contributed by atoms with van der Waals surface area (Å²) >= 11 is 6.23. The maximum Gasteiger partial charge on any atom is 0.239 e. The number of aromatic nitrogens is 5. The average Bonchev–Trinajstić information content (AvgIpc) is 3.47. The van der Waals surface area contributed by atoms with E-state index in [1.807, 2.05) is 29.6 Å². The minimum Gasteiger partial charge on any atom is -0.376 e. The van der Waals surface area contributed by atoms with Gasteiger partial charge in [-0.15, -0.1) is 16.4 Å². The fourth-order valence-electron chi connectivity index (χ4n) is 2.97. The number of carbonyl (C=O) groups excluding carboxylic acids is 1. The zero-order valence-electron chi connectivity index (χ0n) is 15.7. The van der Waals surface area contributed by atoms with Crippen LogP contribution in [0.1, 0.15) is 12.8 Å². The number of benzene rings is 1. The van der Waals surface area contributed by atoms with E-state index in [9.17, 15) is 4.79 Å². The van der Waals surface area contributed by atoms with Crippen LogP contribution in [-0.2, 0) is 16.6 Å². The van der Waals surface area contributed by atoms with Crippen molar-refractivity contribution < 1.29 is 9.53 Å². The lowest BCUT2D eigenvalue weighted by molar-refractivity contribution is -0.116. The highest BCUT2D eigenvalue weighted by Crippen LogP contribution is 2.30. The monoisotopic (exact) mass is 494 g/mol. The maximum atomic E-state index is 13.1. The van der Waals surface area contributed by atoms with Crippen LogP contribution >= 0.6 is 39.0 Å². The van der Waals surface area contributed by atoms with Crippen molar-refractivity contribution in [3.8, 4) is 11.3 Å². The molecule has 29 heavy (non-hydrogen) atoms. The summed E-state index contributed by atoms with van der Waals surface area (Å²) < 4.78 is 8.33. The van der Waals surface area contributed by atoms with Gasteiger partial charge in [-0.3, -0.25) is 9.69 Å². The van der Waals surface area contributed by atoms with E-state index in [4.69, 9.17) is 9.72 Å². The Hall–Kier alpha value is -1.82. The smallest absolute Gasteiger partial charge is 0.239 e. The first-order valence-corrected chi connectivity index (χ1v) is 11.7. The Kier molecular flexibility index (Phi) is 6.58. The van der Waals surface area contributed by atoms with Crippen LogP contribution in [0.4, 0.5) is 5.13 Å². The second-order valence-electron chi connectivity index (χ2n) is 6.54. The Morgan fingerprint density at radius 2 is 2.24 bits per heavy atom. The molecule has 1 saturated heterocycles. The molecule has 1 aliphatic heterocycles. The van der Waals surface area contributed by atoms with E-state index >= 15 is 0 Å². The van der Waals surface area contributed by atoms with Gasteiger partial charge in [0.05, 0.1) is 24.1 Å². The van der Waals surface area contributed by atoms with Crippen LogP contribution in [0.5, 0.6) is 0 Å². The molecule has 0 spiro atoms. The van der Waals surface area contributed by atoms with E-state index in [-0.39, 0.29) is 17.8 Å². The Bertz CT molecular complexity index is 971. The standard InChI is InChI=1S/C18H19BrN6O2S2/c1-24-18(21-22-23-24)29-11-16(26)25(9-14-3-2-8-27-14)17-20-15(10-28-17)12-4-6-13(19)7-5-12/h4-7,10,14H,2-3,8-9,11H2,1H3/t14-/m0/s1. The number of hydrogen-bond acceptors (Lipinski definition) is 8. The van der Waals surface area contributed by atoms with E-state index < -0.39 is 0 Å². The zero-order chi connectivity index (χ0) is 20.2. The lowest BCUT2D eigenvalue weighted by atomic mass is 10.2. The summed E-state index contributed by atoms with van der Waals surface area (Å²) in [6.07, 6.45) is 2.02. The molecule has 8 nitrogen and oxygen atoms in total. The summed E-state index contributed by atoms with van der Waals surface area (Å²) in [5.74, 6) is 0.193. The van der Waals surface area contributed by atoms with Gasteiger partial charge >= 0.3 is 0 Å². The summed E-state index contributed by atoms with van der Waals surface area (Å²) in [6.45, 7) is 1.25. The number of anilines is 1. The van der Waals surface area contributed by atoms with Gasteiger partial charge in [-0.05, 0) is 35.4 Å². The van der Waals surface area contributed by atoms with Crippen LogP contribution in [-0.4, -0.2) is 56.1 Å². The number of tetrazole rings is 1. The molecule has 152 valence electrons. The van der Waals surface area contributed by atoms with Crippen molar-refractivity contribution in [1.82, 2.24) is 25.2 Å². The number of hydrogen-bond donors (Lipinski definition) is 0. The van der Waals surface area contributed by atoms with Crippen molar-refractivity contribution in [3.05, 3.63) is 34.1 Å². The molecular formula is C18H19BrN6O2S2. The quantitative estimate of drug-likeness (QED) is 0.465. The molecule has 1 amide bonds. The van der Waals surface area contributed by atoms with Crippen molar-refractivity contribution in [1.29, 1.82) is 0 Å². The number of ether oxygens (including phenoxy) is 1. The number of rotatable bonds is 7. The van der Waals surface area contributed by atoms with Gasteiger partial charge in [0.15, 0.2) is 5.13 Å². The molecule has 0 aliphatic carbocycles. The molecule has 0 unspecified atom stereocenters. The summed E-state index contributed by atoms with van der Waals surface area (Å²) in [7, 11) is 1.75. The molecule has 3 aromatic rings. The van der Waals surface area contributed by atoms with Gasteiger partial charge < -0.3 is 4.74 Å². The number of carbonyl (C=O) groups is 1. The lowest BCUT2D eigenvalue weighted by Crippen LogP contribution is -2.38. The molecule has 2 aromatic heterocycles. The first kappa shape index (κ1) is 20.5. The molecule has 0 bridgehead atoms. The molecule has 1 atom stereocenters. The third-order valence-electron chi connectivity index (χ3n) is 4.48. The highest BCUT2D eigenvalue weighted by molar-refractivity contribution is 9.10. The molecule has 4 rings (SSSR count). The molecule has 11 heteroatoms. The van der Waals surface area contributed by atoms with E-state index in [1.165, 1.54) is 23.1 Å². The van der Waals surface area contributed by atoms with Gasteiger partial charge in [0.25, 0.3) is 0 Å². The number of aryl methyl sites for hydroxylation is 1. The third kappa shape index (κ3) is 5.03. The second kappa shape index (κ2) is 9.33. The van der Waals surface area contributed by atoms with Gasteiger partial charge in [-0.1, -0.05) is 39.8 Å². The van der Waals surface area contributed by atoms with Crippen LogP contribution in [0.2, 0.25) is 0 Å². The average molecular weight is 495 g/mol. The number of halogens is 1. The fourth-order valence-corrected chi connectivity index (χ4v) is 4.82. The molecule has 1 aliphatic rings. The SMILES string of the molecule is Cn1nnnc1SCC(=O)N(C[C@@H]1CCCO1)c1nc(-c2ccc(Br)cc2)cs1. The Morgan fingerprint density at radius 3 is 2.93 bits per heavy atom. The van der Waals surface area contributed by atoms with Crippen molar-refractivity contribution in [2.75, 3.05) is 23.8 Å². The van der Waals surface area contributed by atoms with E-state index in [0.29, 0.717) is 16.8 Å². The summed E-state index contributed by atoms with van der Waals surface area (Å²) in [6, 6.07) is 7.97. The number of thioether (sulfide) groups is 1. The van der Waals surface area contributed by atoms with E-state index in [1.54, 1.807) is 16.6 Å². The first-order valence-electron chi connectivity index (χ1n) is 9.09. The van der Waals surface area contributed by atoms with Gasteiger partial charge in [-0.2, -0.15) is 0 Å². The van der Waals surface area contributed by atoms with Crippen molar-refractivity contribution in [3.63, 3.8) is 0 Å². The van der Waals surface area contributed by atoms with Crippen LogP contribution < -0.4 is 4.90 Å². The Balaban J connectivity index is 1.52. The van der Waals surface area contributed by atoms with E-state index in [0.717, 1.165) is 35.2 Å². The van der Waals surface area contributed by atoms with Crippen LogP contribution in [0, 0.1) is 0 Å². The minimum absolute atomic E-state index is 0.0368. The van der Waals surface area contributed by atoms with Crippen LogP contribution in [0.3, 0.4) is 0 Å². The molecule has 0 saturated carbocycles. The fraction of sp³-hybridized carbons (Fsp3) is 0.389. The van der Waals surface area contributed by atoms with Crippen LogP contribution in [0.15, 0.2) is 39.3 Å². The van der Waals surface area contributed by atoms with Gasteiger partial charge in [-0.25, -0.2) is 9.67 Å². The minimum atomic E-state index is -0.0368. The highest BCUT2D eigenvalue weighted by atomic mass is 79.9. The number of amides is 1. The normalized spacial score (nSPS) is 16.3. The number of thiazole rings is 1. The summed E-state index contributed by atoms with van der Waals surface area (Å²) in [4.78, 5) is 19.5. The zero-order valence-corrected chi connectivity index (χ0v) is 18.9. The summed E-state index contributed by atoms with van der Waals surface area (Å²) in [5.41, 5.74) is 1.87. The topological polar surface area (TPSA) is 86.0 Å². The molecule has 0 radical (unpaired) electrons. The van der Waals surface area contributed by atoms with Gasteiger partial charge in [0.1, 0.15) is 0 Å². The number of nitrogens with zero attached hydrogens (tertiary/aromatic N) is 6. The Labute approximate surface area is 184 Å². The predicted octanol–water partition coefficient (Wildman–Crippen LogP) is 3.40. The van der Waals surface area contributed by atoms with Crippen LogP contribution in [0.25, 0.3) is 11.3 Å². The second-order valence-corrected chi connectivity index (χ2v) is 9.23. The summed E-state index contributed by atoms with van der Waals surface area (Å²) in [5, 5.41) is 14.6. The van der Waals surface area contributed by atoms with Gasteiger partial charge in [0.2, 0.25) is 11.1 Å². The molecule has 1 fully saturated rings.